The number of hydrogen-bond donors (Lipinski definition) is 1. The third-order valence-corrected chi connectivity index (χ3v) is 21.0. The van der Waals surface area contributed by atoms with Crippen molar-refractivity contribution in [1.29, 1.82) is 0 Å². The molecule has 27 heteroatoms. The summed E-state index contributed by atoms with van der Waals surface area (Å²) in [7, 11) is -3.03. The lowest BCUT2D eigenvalue weighted by molar-refractivity contribution is -0.333. The first-order valence-electron chi connectivity index (χ1n) is 31.0. The number of alkyl carbamates (subject to hydrolysis) is 1. The Labute approximate surface area is 555 Å². The quantitative estimate of drug-likeness (QED) is 0.0132. The molecule has 0 saturated carbocycles. The molecule has 9 rings (SSSR count). The van der Waals surface area contributed by atoms with Crippen molar-refractivity contribution in [3.05, 3.63) is 236 Å². The summed E-state index contributed by atoms with van der Waals surface area (Å²) in [6, 6.07) is 44.8. The van der Waals surface area contributed by atoms with Gasteiger partial charge in [-0.05, 0) is 95.8 Å². The van der Waals surface area contributed by atoms with Gasteiger partial charge < -0.3 is 66.6 Å². The average Bonchev–Trinajstić information content (AvgIpc) is 1.22. The Morgan fingerprint density at radius 2 is 1.01 bits per heavy atom. The van der Waals surface area contributed by atoms with Crippen LogP contribution in [0.2, 0.25) is 18.1 Å². The predicted molar refractivity (Wildman–Crippen MR) is 344 cm³/mol. The molecule has 0 aromatic heterocycles. The van der Waals surface area contributed by atoms with E-state index in [1.54, 1.807) is 103 Å². The molecule has 0 unspecified atom stereocenters. The van der Waals surface area contributed by atoms with Crippen LogP contribution in [0.4, 0.5) is 4.79 Å². The molecule has 96 heavy (non-hydrogen) atoms. The van der Waals surface area contributed by atoms with Crippen LogP contribution in [0.15, 0.2) is 192 Å². The van der Waals surface area contributed by atoms with Gasteiger partial charge in [0.1, 0.15) is 55.8 Å². The van der Waals surface area contributed by atoms with E-state index in [0.717, 1.165) is 12.5 Å². The molecule has 504 valence electrons. The molecule has 6 aromatic carbocycles. The molecule has 1 amide bonds. The third-order valence-electron chi connectivity index (χ3n) is 16.5. The smallest absolute Gasteiger partial charge is 0.407 e. The molecular weight excluding hydrogens is 1260 g/mol. The number of nitrogens with zero attached hydrogens (tertiary/aromatic N) is 6. The first-order chi connectivity index (χ1) is 46.2. The zero-order valence-corrected chi connectivity index (χ0v) is 54.7. The van der Waals surface area contributed by atoms with E-state index in [1.165, 1.54) is 55.5 Å². The van der Waals surface area contributed by atoms with Crippen LogP contribution < -0.4 is 5.32 Å². The molecule has 0 radical (unpaired) electrons. The largest absolute Gasteiger partial charge is 0.460 e. The minimum absolute atomic E-state index is 0.00433. The summed E-state index contributed by atoms with van der Waals surface area (Å²) in [4.78, 5) is 90.9. The Morgan fingerprint density at radius 3 is 1.52 bits per heavy atom. The molecule has 15 atom stereocenters. The summed E-state index contributed by atoms with van der Waals surface area (Å²) in [5, 5.41) is 10.5. The highest BCUT2D eigenvalue weighted by molar-refractivity contribution is 6.74. The summed E-state index contributed by atoms with van der Waals surface area (Å²) in [5.41, 5.74) is 22.7. The predicted octanol–water partition coefficient (Wildman–Crippen LogP) is 11.3. The van der Waals surface area contributed by atoms with Gasteiger partial charge in [0.05, 0.1) is 47.6 Å². The number of hydrogen-bond acceptors (Lipinski definition) is 21. The van der Waals surface area contributed by atoms with E-state index >= 15 is 0 Å². The lowest BCUT2D eigenvalue weighted by Gasteiger charge is -2.50. The lowest BCUT2D eigenvalue weighted by atomic mass is 9.93. The minimum atomic E-state index is -3.03. The van der Waals surface area contributed by atoms with Crippen LogP contribution in [0.1, 0.15) is 87.2 Å². The second kappa shape index (κ2) is 33.2. The maximum absolute atomic E-state index is 14.8. The minimum Gasteiger partial charge on any atom is -0.460 e. The second-order valence-corrected chi connectivity index (χ2v) is 29.0. The maximum atomic E-state index is 14.8. The number of benzene rings is 6. The van der Waals surface area contributed by atoms with Gasteiger partial charge in [0.25, 0.3) is 0 Å². The van der Waals surface area contributed by atoms with Crippen molar-refractivity contribution in [3.63, 3.8) is 0 Å². The molecular formula is C69H75N7O19Si. The molecule has 26 nitrogen and oxygen atoms in total. The van der Waals surface area contributed by atoms with Crippen LogP contribution in [0.5, 0.6) is 0 Å². The van der Waals surface area contributed by atoms with Gasteiger partial charge in [-0.15, -0.1) is 0 Å². The van der Waals surface area contributed by atoms with Gasteiger partial charge in [0.15, 0.2) is 45.5 Å². The van der Waals surface area contributed by atoms with E-state index in [0.29, 0.717) is 5.56 Å². The summed E-state index contributed by atoms with van der Waals surface area (Å²) >= 11 is 0. The Bertz CT molecular complexity index is 3670. The highest BCUT2D eigenvalue weighted by Gasteiger charge is 2.60. The fourth-order valence-corrected chi connectivity index (χ4v) is 11.8. The zero-order valence-electron chi connectivity index (χ0n) is 53.7. The van der Waals surface area contributed by atoms with Crippen LogP contribution in [0.25, 0.3) is 20.9 Å². The Balaban J connectivity index is 1.19. The van der Waals surface area contributed by atoms with Gasteiger partial charge in [-0.2, -0.15) is 0 Å². The van der Waals surface area contributed by atoms with Crippen molar-refractivity contribution in [2.24, 2.45) is 10.2 Å². The number of carbonyl (C=O) groups is 6. The standard InChI is InChI=1S/C69H75N7O19Si/c1-42-52(72-68(82)85-39-45-28-16-9-17-29-45)57(87-43(2)77)53(73-75-70)65(86-42)92-55-50(40-83-38-44-26-14-8-15-27-44)89-66(95-96(6,7)69(3,4)5)54(74-76-71)58(55)94-67-60(91-64(81)49-36-24-13-25-37-49)59(90-63(80)48-34-22-12-23-35-48)56(93-67)51(88-62(79)47-32-20-11-21-33-47)41-84-61(78)46-30-18-10-19-31-46/h8-37,42,50-60,65-67H,38-41H2,1-7H3,(H,72,82)/t42-,50-,51-,52+,53-,54-,55+,56+,57+,58-,59+,60-,65-,66+,67+/m1/s1. The van der Waals surface area contributed by atoms with Crippen LogP contribution in [-0.2, 0) is 79.3 Å². The molecule has 0 spiro atoms. The van der Waals surface area contributed by atoms with Crippen molar-refractivity contribution in [2.75, 3.05) is 13.2 Å². The number of nitrogens with one attached hydrogen (secondary N) is 1. The summed E-state index contributed by atoms with van der Waals surface area (Å²) in [6.07, 6.45) is -21.0. The van der Waals surface area contributed by atoms with E-state index in [4.69, 9.17) is 61.3 Å². The topological polar surface area (TPSA) is 332 Å². The van der Waals surface area contributed by atoms with Gasteiger partial charge in [-0.25, -0.2) is 24.0 Å². The second-order valence-electron chi connectivity index (χ2n) is 24.2. The highest BCUT2D eigenvalue weighted by atomic mass is 28.4. The van der Waals surface area contributed by atoms with Crippen molar-refractivity contribution in [3.8, 4) is 0 Å². The van der Waals surface area contributed by atoms with Crippen molar-refractivity contribution in [1.82, 2.24) is 5.32 Å². The Morgan fingerprint density at radius 1 is 0.542 bits per heavy atom. The molecule has 6 aromatic rings. The fraction of sp³-hybridized carbons (Fsp3) is 0.391. The van der Waals surface area contributed by atoms with Crippen LogP contribution in [-0.4, -0.2) is 149 Å². The van der Waals surface area contributed by atoms with Gasteiger partial charge in [0, 0.05) is 16.7 Å². The van der Waals surface area contributed by atoms with Gasteiger partial charge >= 0.3 is 35.9 Å². The van der Waals surface area contributed by atoms with E-state index in [-0.39, 0.29) is 42.1 Å². The number of azide groups is 2. The molecule has 3 aliphatic rings. The first kappa shape index (κ1) is 70.8. The molecule has 3 heterocycles. The molecule has 3 saturated heterocycles. The number of esters is 5. The van der Waals surface area contributed by atoms with Crippen molar-refractivity contribution < 1.29 is 90.0 Å². The monoisotopic (exact) mass is 1330 g/mol. The first-order valence-corrected chi connectivity index (χ1v) is 33.9. The molecule has 0 aliphatic carbocycles. The van der Waals surface area contributed by atoms with Crippen molar-refractivity contribution in [2.45, 2.75) is 158 Å². The normalized spacial score (nSPS) is 25.0. The Kier molecular flexibility index (Phi) is 24.5. The summed E-state index contributed by atoms with van der Waals surface area (Å²) < 4.78 is 84.6. The van der Waals surface area contributed by atoms with Crippen LogP contribution in [0, 0.1) is 0 Å². The number of ether oxygens (including phenoxy) is 12. The number of amides is 1. The van der Waals surface area contributed by atoms with Gasteiger partial charge in [0.2, 0.25) is 0 Å². The van der Waals surface area contributed by atoms with Crippen LogP contribution in [0.3, 0.4) is 0 Å². The molecule has 1 N–H and O–H groups in total. The van der Waals surface area contributed by atoms with Gasteiger partial charge in [-0.1, -0.05) is 164 Å². The fourth-order valence-electron chi connectivity index (χ4n) is 10.6. The molecule has 3 fully saturated rings. The molecule has 0 bridgehead atoms. The summed E-state index contributed by atoms with van der Waals surface area (Å²) in [6.45, 7) is 11.2. The average molecular weight is 1330 g/mol. The van der Waals surface area contributed by atoms with Crippen molar-refractivity contribution >= 4 is 44.3 Å². The van der Waals surface area contributed by atoms with E-state index in [2.05, 4.69) is 25.4 Å². The maximum Gasteiger partial charge on any atom is 0.407 e. The van der Waals surface area contributed by atoms with E-state index in [1.807, 2.05) is 64.2 Å². The lowest BCUT2D eigenvalue weighted by Crippen LogP contribution is -2.67. The zero-order chi connectivity index (χ0) is 68.4. The van der Waals surface area contributed by atoms with E-state index in [9.17, 15) is 39.8 Å². The number of rotatable bonds is 26. The SMILES string of the molecule is CC(=O)O[C@@H]1[C@@H](N=[N+]=[N-])[C@@H](O[C@@H]2[C@H](O[C@@H]3O[C@@H]([C@@H](COC(=O)c4ccccc4)OC(=O)c4ccccc4)[C@H](OC(=O)c4ccccc4)[C@H]3OC(=O)c3ccccc3)[C@@H](N=[N+]=[N-])[C@H](O[Si](C)(C)C(C)(C)C)O[C@@H]2COCc2ccccc2)O[C@H](C)[C@@H]1NC(=O)OCc1ccccc1. The highest BCUT2D eigenvalue weighted by Crippen LogP contribution is 2.43. The Hall–Kier alpha value is -9.50. The summed E-state index contributed by atoms with van der Waals surface area (Å²) in [5.74, 6) is -4.61. The molecule has 3 aliphatic heterocycles. The van der Waals surface area contributed by atoms with Gasteiger partial charge in [-0.3, -0.25) is 4.79 Å². The third kappa shape index (κ3) is 18.5. The van der Waals surface area contributed by atoms with Crippen LogP contribution >= 0.6 is 0 Å². The number of carbonyl (C=O) groups excluding carboxylic acids is 6. The van der Waals surface area contributed by atoms with E-state index < -0.39 is 148 Å².